The van der Waals surface area contributed by atoms with E-state index in [2.05, 4.69) is 4.98 Å². The van der Waals surface area contributed by atoms with Gasteiger partial charge in [0.1, 0.15) is 4.83 Å². The van der Waals surface area contributed by atoms with E-state index in [-0.39, 0.29) is 17.7 Å². The number of nitrogens with zero attached hydrogens (tertiary/aromatic N) is 1. The first-order chi connectivity index (χ1) is 10.2. The van der Waals surface area contributed by atoms with Crippen molar-refractivity contribution < 1.29 is 4.74 Å². The van der Waals surface area contributed by atoms with E-state index in [1.165, 1.54) is 10.4 Å². The number of nitrogens with one attached hydrogen (secondary N) is 1. The summed E-state index contributed by atoms with van der Waals surface area (Å²) < 4.78 is 7.88. The molecule has 2 heterocycles. The van der Waals surface area contributed by atoms with Gasteiger partial charge in [-0.15, -0.1) is 11.3 Å². The topological polar surface area (TPSA) is 47.0 Å². The molecule has 4 nitrogen and oxygen atoms in total. The molecule has 2 aromatic heterocycles. The highest BCUT2D eigenvalue weighted by atomic mass is 32.1. The summed E-state index contributed by atoms with van der Waals surface area (Å²) in [5.41, 5.74) is 1.34. The van der Waals surface area contributed by atoms with Gasteiger partial charge >= 0.3 is 0 Å². The first kappa shape index (κ1) is 13.7. The maximum atomic E-state index is 13.0. The van der Waals surface area contributed by atoms with Crippen molar-refractivity contribution in [3.8, 4) is 0 Å². The van der Waals surface area contributed by atoms with Gasteiger partial charge in [0.2, 0.25) is 0 Å². The zero-order chi connectivity index (χ0) is 14.6. The fourth-order valence-corrected chi connectivity index (χ4v) is 5.53. The Morgan fingerprint density at radius 2 is 2.19 bits per heavy atom. The van der Waals surface area contributed by atoms with E-state index in [0.717, 1.165) is 48.7 Å². The highest BCUT2D eigenvalue weighted by molar-refractivity contribution is 7.71. The molecule has 1 saturated carbocycles. The van der Waals surface area contributed by atoms with Crippen LogP contribution in [0.2, 0.25) is 0 Å². The van der Waals surface area contributed by atoms with Crippen LogP contribution in [0.1, 0.15) is 42.2 Å². The Kier molecular flexibility index (Phi) is 3.28. The summed E-state index contributed by atoms with van der Waals surface area (Å²) in [5.74, 6) is 0. The summed E-state index contributed by atoms with van der Waals surface area (Å²) >= 11 is 7.18. The molecule has 21 heavy (non-hydrogen) atoms. The number of ether oxygens (including phenoxy) is 1. The van der Waals surface area contributed by atoms with Gasteiger partial charge in [0.05, 0.1) is 17.5 Å². The lowest BCUT2D eigenvalue weighted by Crippen LogP contribution is -2.31. The largest absolute Gasteiger partial charge is 0.379 e. The number of aromatic nitrogens is 2. The number of methoxy groups -OCH3 is 1. The molecule has 0 amide bonds. The zero-order valence-electron chi connectivity index (χ0n) is 12.0. The van der Waals surface area contributed by atoms with Gasteiger partial charge in [-0.05, 0) is 56.3 Å². The smallest absolute Gasteiger partial charge is 0.263 e. The van der Waals surface area contributed by atoms with Crippen molar-refractivity contribution in [2.45, 2.75) is 50.7 Å². The highest BCUT2D eigenvalue weighted by Gasteiger charge is 2.31. The Labute approximate surface area is 131 Å². The van der Waals surface area contributed by atoms with Gasteiger partial charge in [-0.1, -0.05) is 0 Å². The molecule has 0 saturated heterocycles. The van der Waals surface area contributed by atoms with E-state index in [1.807, 2.05) is 0 Å². The van der Waals surface area contributed by atoms with E-state index in [0.29, 0.717) is 4.77 Å². The molecular weight excluding hydrogens is 304 g/mol. The van der Waals surface area contributed by atoms with E-state index in [9.17, 15) is 4.79 Å². The standard InChI is InChI=1S/C15H18N2O2S2/c1-19-10-6-3-5-9(10)17-14(18)12-8-4-2-7-11(8)21-13(12)16-15(17)20/h9-10H,2-7H2,1H3,(H,16,20). The van der Waals surface area contributed by atoms with Crippen LogP contribution in [0.15, 0.2) is 4.79 Å². The van der Waals surface area contributed by atoms with Gasteiger partial charge in [-0.2, -0.15) is 0 Å². The van der Waals surface area contributed by atoms with Gasteiger partial charge in [-0.3, -0.25) is 9.36 Å². The van der Waals surface area contributed by atoms with Crippen LogP contribution in [-0.4, -0.2) is 22.8 Å². The molecule has 1 N–H and O–H groups in total. The van der Waals surface area contributed by atoms with E-state index < -0.39 is 0 Å². The summed E-state index contributed by atoms with van der Waals surface area (Å²) in [6.07, 6.45) is 6.44. The van der Waals surface area contributed by atoms with Gasteiger partial charge < -0.3 is 9.72 Å². The lowest BCUT2D eigenvalue weighted by atomic mass is 10.1. The number of fused-ring (bicyclic) bond motifs is 3. The number of aromatic amines is 1. The summed E-state index contributed by atoms with van der Waals surface area (Å²) in [4.78, 5) is 18.7. The monoisotopic (exact) mass is 322 g/mol. The highest BCUT2D eigenvalue weighted by Crippen LogP contribution is 2.36. The van der Waals surface area contributed by atoms with E-state index in [4.69, 9.17) is 17.0 Å². The lowest BCUT2D eigenvalue weighted by Gasteiger charge is -2.20. The number of aryl methyl sites for hydroxylation is 2. The number of H-pyrrole nitrogens is 1. The van der Waals surface area contributed by atoms with Crippen LogP contribution in [0, 0.1) is 4.77 Å². The van der Waals surface area contributed by atoms with E-state index >= 15 is 0 Å². The Bertz CT molecular complexity index is 817. The second-order valence-electron chi connectivity index (χ2n) is 5.94. The lowest BCUT2D eigenvalue weighted by molar-refractivity contribution is 0.0732. The summed E-state index contributed by atoms with van der Waals surface area (Å²) in [6.45, 7) is 0. The Morgan fingerprint density at radius 3 is 3.00 bits per heavy atom. The third-order valence-electron chi connectivity index (χ3n) is 4.85. The molecule has 0 spiro atoms. The average Bonchev–Trinajstić information content (AvgIpc) is 3.12. The molecular formula is C15H18N2O2S2. The quantitative estimate of drug-likeness (QED) is 0.863. The first-order valence-corrected chi connectivity index (χ1v) is 8.75. The van der Waals surface area contributed by atoms with Gasteiger partial charge in [0, 0.05) is 12.0 Å². The predicted molar refractivity (Wildman–Crippen MR) is 87.0 cm³/mol. The molecule has 2 aliphatic rings. The normalized spacial score (nSPS) is 24.8. The average molecular weight is 322 g/mol. The summed E-state index contributed by atoms with van der Waals surface area (Å²) in [7, 11) is 1.72. The Morgan fingerprint density at radius 1 is 1.33 bits per heavy atom. The molecule has 2 atom stereocenters. The van der Waals surface area contributed by atoms with Crippen molar-refractivity contribution in [1.82, 2.24) is 9.55 Å². The van der Waals surface area contributed by atoms with Crippen molar-refractivity contribution in [3.05, 3.63) is 25.6 Å². The predicted octanol–water partition coefficient (Wildman–Crippen LogP) is 3.35. The van der Waals surface area contributed by atoms with Crippen LogP contribution in [0.25, 0.3) is 10.2 Å². The molecule has 4 rings (SSSR count). The minimum Gasteiger partial charge on any atom is -0.379 e. The Hall–Kier alpha value is -0.980. The zero-order valence-corrected chi connectivity index (χ0v) is 13.6. The first-order valence-electron chi connectivity index (χ1n) is 7.52. The number of rotatable bonds is 2. The second-order valence-corrected chi connectivity index (χ2v) is 7.43. The molecule has 112 valence electrons. The van der Waals surface area contributed by atoms with Gasteiger partial charge in [0.25, 0.3) is 5.56 Å². The molecule has 2 aliphatic carbocycles. The molecule has 2 unspecified atom stereocenters. The van der Waals surface area contributed by atoms with Crippen molar-refractivity contribution in [1.29, 1.82) is 0 Å². The molecule has 0 radical (unpaired) electrons. The minimum absolute atomic E-state index is 0.0765. The minimum atomic E-state index is 0.0765. The van der Waals surface area contributed by atoms with Crippen molar-refractivity contribution in [3.63, 3.8) is 0 Å². The molecule has 0 bridgehead atoms. The van der Waals surface area contributed by atoms with Gasteiger partial charge in [-0.25, -0.2) is 0 Å². The number of thiophene rings is 1. The SMILES string of the molecule is COC1CCCC1n1c(=S)[nH]c2sc3c(c2c1=O)CCC3. The molecule has 0 aromatic carbocycles. The van der Waals surface area contributed by atoms with Crippen molar-refractivity contribution >= 4 is 33.8 Å². The number of hydrogen-bond donors (Lipinski definition) is 1. The Balaban J connectivity index is 1.97. The third kappa shape index (κ3) is 1.96. The number of hydrogen-bond acceptors (Lipinski definition) is 4. The third-order valence-corrected chi connectivity index (χ3v) is 6.35. The molecule has 6 heteroatoms. The van der Waals surface area contributed by atoms with Crippen LogP contribution in [0.4, 0.5) is 0 Å². The summed E-state index contributed by atoms with van der Waals surface area (Å²) in [6, 6.07) is 0.0765. The maximum absolute atomic E-state index is 13.0. The molecule has 2 aromatic rings. The fourth-order valence-electron chi connectivity index (χ4n) is 3.87. The van der Waals surface area contributed by atoms with E-state index in [1.54, 1.807) is 23.0 Å². The van der Waals surface area contributed by atoms with Crippen LogP contribution in [0.3, 0.4) is 0 Å². The molecule has 1 fully saturated rings. The van der Waals surface area contributed by atoms with Crippen molar-refractivity contribution in [2.24, 2.45) is 0 Å². The van der Waals surface area contributed by atoms with Crippen molar-refractivity contribution in [2.75, 3.05) is 7.11 Å². The van der Waals surface area contributed by atoms with Crippen LogP contribution >= 0.6 is 23.6 Å². The van der Waals surface area contributed by atoms with Crippen LogP contribution in [0.5, 0.6) is 0 Å². The summed E-state index contributed by atoms with van der Waals surface area (Å²) in [5, 5.41) is 0.878. The van der Waals surface area contributed by atoms with Crippen LogP contribution < -0.4 is 5.56 Å². The van der Waals surface area contributed by atoms with Gasteiger partial charge in [0.15, 0.2) is 4.77 Å². The maximum Gasteiger partial charge on any atom is 0.263 e. The second kappa shape index (κ2) is 5.04. The van der Waals surface area contributed by atoms with Crippen LogP contribution in [-0.2, 0) is 17.6 Å². The fraction of sp³-hybridized carbons (Fsp3) is 0.600. The molecule has 0 aliphatic heterocycles.